The number of allylic oxidation sites excluding steroid dienone is 2. The molecule has 0 aromatic rings. The van der Waals surface area contributed by atoms with Gasteiger partial charge in [0.2, 0.25) is 0 Å². The standard InChI is InChI=1S/C9H10O4/c1-2-3-4-8(10)12-6-7-5-9(11)13-7/h2-4,7H,1,5-6H2/b4-3+. The summed E-state index contributed by atoms with van der Waals surface area (Å²) in [6.45, 7) is 3.53. The molecule has 13 heavy (non-hydrogen) atoms. The van der Waals surface area contributed by atoms with E-state index >= 15 is 0 Å². The third kappa shape index (κ3) is 3.11. The number of rotatable bonds is 4. The van der Waals surface area contributed by atoms with Gasteiger partial charge < -0.3 is 9.47 Å². The van der Waals surface area contributed by atoms with E-state index in [1.807, 2.05) is 0 Å². The average Bonchev–Trinajstić information content (AvgIpc) is 2.07. The van der Waals surface area contributed by atoms with Crippen LogP contribution in [0.4, 0.5) is 0 Å². The van der Waals surface area contributed by atoms with Gasteiger partial charge in [-0.15, -0.1) is 0 Å². The lowest BCUT2D eigenvalue weighted by Gasteiger charge is -2.24. The summed E-state index contributed by atoms with van der Waals surface area (Å²) in [6.07, 6.45) is 4.29. The van der Waals surface area contributed by atoms with Crippen molar-refractivity contribution in [2.45, 2.75) is 12.5 Å². The van der Waals surface area contributed by atoms with E-state index in [2.05, 4.69) is 11.3 Å². The Bertz CT molecular complexity index is 246. The molecule has 1 unspecified atom stereocenters. The Morgan fingerprint density at radius 2 is 2.46 bits per heavy atom. The maximum absolute atomic E-state index is 10.8. The minimum atomic E-state index is -0.456. The molecule has 0 amide bonds. The van der Waals surface area contributed by atoms with Crippen molar-refractivity contribution < 1.29 is 19.1 Å². The van der Waals surface area contributed by atoms with Crippen LogP contribution in [-0.2, 0) is 19.1 Å². The average molecular weight is 182 g/mol. The van der Waals surface area contributed by atoms with Crippen LogP contribution in [0, 0.1) is 0 Å². The van der Waals surface area contributed by atoms with Crippen molar-refractivity contribution in [1.82, 2.24) is 0 Å². The third-order valence-electron chi connectivity index (χ3n) is 1.47. The molecule has 0 aromatic heterocycles. The van der Waals surface area contributed by atoms with Gasteiger partial charge >= 0.3 is 11.9 Å². The Balaban J connectivity index is 2.12. The monoisotopic (exact) mass is 182 g/mol. The zero-order valence-corrected chi connectivity index (χ0v) is 7.06. The fourth-order valence-corrected chi connectivity index (χ4v) is 0.825. The van der Waals surface area contributed by atoms with Crippen LogP contribution in [0.3, 0.4) is 0 Å². The fraction of sp³-hybridized carbons (Fsp3) is 0.333. The molecule has 1 saturated heterocycles. The van der Waals surface area contributed by atoms with E-state index in [1.165, 1.54) is 18.2 Å². The number of ether oxygens (including phenoxy) is 2. The van der Waals surface area contributed by atoms with E-state index in [0.717, 1.165) is 0 Å². The van der Waals surface area contributed by atoms with Crippen molar-refractivity contribution in [3.05, 3.63) is 24.8 Å². The minimum absolute atomic E-state index is 0.131. The number of carbonyl (C=O) groups is 2. The van der Waals surface area contributed by atoms with Crippen molar-refractivity contribution in [1.29, 1.82) is 0 Å². The first-order chi connectivity index (χ1) is 6.22. The lowest BCUT2D eigenvalue weighted by atomic mass is 10.2. The number of hydrogen-bond acceptors (Lipinski definition) is 4. The van der Waals surface area contributed by atoms with Gasteiger partial charge in [-0.1, -0.05) is 18.7 Å². The lowest BCUT2D eigenvalue weighted by Crippen LogP contribution is -2.36. The zero-order chi connectivity index (χ0) is 9.68. The predicted molar refractivity (Wildman–Crippen MR) is 44.8 cm³/mol. The molecule has 1 aliphatic rings. The second kappa shape index (κ2) is 4.45. The van der Waals surface area contributed by atoms with Crippen molar-refractivity contribution in [2.75, 3.05) is 6.61 Å². The zero-order valence-electron chi connectivity index (χ0n) is 7.06. The van der Waals surface area contributed by atoms with Crippen LogP contribution in [0.5, 0.6) is 0 Å². The number of carbonyl (C=O) groups excluding carboxylic acids is 2. The molecular formula is C9H10O4. The van der Waals surface area contributed by atoms with Crippen LogP contribution in [0.25, 0.3) is 0 Å². The molecule has 1 atom stereocenters. The van der Waals surface area contributed by atoms with Gasteiger partial charge in [0, 0.05) is 6.08 Å². The van der Waals surface area contributed by atoms with Crippen LogP contribution in [0.2, 0.25) is 0 Å². The molecule has 1 heterocycles. The largest absolute Gasteiger partial charge is 0.459 e. The van der Waals surface area contributed by atoms with E-state index < -0.39 is 5.97 Å². The van der Waals surface area contributed by atoms with Gasteiger partial charge in [-0.3, -0.25) is 4.79 Å². The molecule has 0 radical (unpaired) electrons. The van der Waals surface area contributed by atoms with E-state index in [9.17, 15) is 9.59 Å². The summed E-state index contributed by atoms with van der Waals surface area (Å²) >= 11 is 0. The highest BCUT2D eigenvalue weighted by Gasteiger charge is 2.29. The minimum Gasteiger partial charge on any atom is -0.459 e. The summed E-state index contributed by atoms with van der Waals surface area (Å²) in [6, 6.07) is 0. The Hall–Kier alpha value is -1.58. The van der Waals surface area contributed by atoms with Gasteiger partial charge in [0.05, 0.1) is 6.42 Å². The van der Waals surface area contributed by atoms with Crippen LogP contribution in [0.15, 0.2) is 24.8 Å². The first kappa shape index (κ1) is 9.51. The molecule has 70 valence electrons. The SMILES string of the molecule is C=C/C=C/C(=O)OCC1CC(=O)O1. The molecule has 0 bridgehead atoms. The van der Waals surface area contributed by atoms with Crippen molar-refractivity contribution in [2.24, 2.45) is 0 Å². The second-order valence-corrected chi connectivity index (χ2v) is 2.54. The fourth-order valence-electron chi connectivity index (χ4n) is 0.825. The molecule has 1 rings (SSSR count). The van der Waals surface area contributed by atoms with Gasteiger partial charge in [-0.25, -0.2) is 4.79 Å². The topological polar surface area (TPSA) is 52.6 Å². The summed E-state index contributed by atoms with van der Waals surface area (Å²) in [4.78, 5) is 21.2. The van der Waals surface area contributed by atoms with Crippen molar-refractivity contribution in [3.8, 4) is 0 Å². The maximum atomic E-state index is 10.8. The summed E-state index contributed by atoms with van der Waals surface area (Å²) in [7, 11) is 0. The van der Waals surface area contributed by atoms with E-state index in [-0.39, 0.29) is 18.7 Å². The Labute approximate surface area is 75.8 Å². The van der Waals surface area contributed by atoms with Crippen LogP contribution >= 0.6 is 0 Å². The van der Waals surface area contributed by atoms with E-state index in [0.29, 0.717) is 6.42 Å². The van der Waals surface area contributed by atoms with Gasteiger partial charge in [0.1, 0.15) is 12.7 Å². The van der Waals surface area contributed by atoms with Gasteiger partial charge in [-0.2, -0.15) is 0 Å². The quantitative estimate of drug-likeness (QED) is 0.362. The Morgan fingerprint density at radius 1 is 1.77 bits per heavy atom. The number of hydrogen-bond donors (Lipinski definition) is 0. The molecule has 1 fully saturated rings. The highest BCUT2D eigenvalue weighted by molar-refractivity contribution is 5.82. The van der Waals surface area contributed by atoms with Gasteiger partial charge in [0.25, 0.3) is 0 Å². The molecule has 0 aromatic carbocycles. The number of esters is 2. The first-order valence-electron chi connectivity index (χ1n) is 3.87. The molecule has 4 nitrogen and oxygen atoms in total. The normalized spacial score (nSPS) is 20.6. The predicted octanol–water partition coefficient (Wildman–Crippen LogP) is 0.587. The van der Waals surface area contributed by atoms with Crippen LogP contribution in [-0.4, -0.2) is 24.6 Å². The van der Waals surface area contributed by atoms with Gasteiger partial charge in [0.15, 0.2) is 0 Å². The highest BCUT2D eigenvalue weighted by Crippen LogP contribution is 2.12. The first-order valence-corrected chi connectivity index (χ1v) is 3.87. The Morgan fingerprint density at radius 3 is 3.00 bits per heavy atom. The molecule has 0 spiro atoms. The van der Waals surface area contributed by atoms with Crippen molar-refractivity contribution in [3.63, 3.8) is 0 Å². The van der Waals surface area contributed by atoms with Crippen LogP contribution in [0.1, 0.15) is 6.42 Å². The molecule has 0 aliphatic carbocycles. The molecule has 0 saturated carbocycles. The third-order valence-corrected chi connectivity index (χ3v) is 1.47. The van der Waals surface area contributed by atoms with E-state index in [4.69, 9.17) is 4.74 Å². The van der Waals surface area contributed by atoms with E-state index in [1.54, 1.807) is 0 Å². The maximum Gasteiger partial charge on any atom is 0.330 e. The highest BCUT2D eigenvalue weighted by atomic mass is 16.6. The van der Waals surface area contributed by atoms with Crippen molar-refractivity contribution >= 4 is 11.9 Å². The Kier molecular flexibility index (Phi) is 3.25. The molecule has 4 heteroatoms. The molecule has 1 aliphatic heterocycles. The molecule has 0 N–H and O–H groups in total. The van der Waals surface area contributed by atoms with Gasteiger partial charge in [-0.05, 0) is 0 Å². The summed E-state index contributed by atoms with van der Waals surface area (Å²) < 4.78 is 9.38. The van der Waals surface area contributed by atoms with Crippen LogP contribution < -0.4 is 0 Å². The smallest absolute Gasteiger partial charge is 0.330 e. The molecular weight excluding hydrogens is 172 g/mol. The lowest BCUT2D eigenvalue weighted by molar-refractivity contribution is -0.177. The summed E-state index contributed by atoms with van der Waals surface area (Å²) in [5.41, 5.74) is 0. The second-order valence-electron chi connectivity index (χ2n) is 2.54. The number of cyclic esters (lactones) is 1. The summed E-state index contributed by atoms with van der Waals surface area (Å²) in [5, 5.41) is 0. The summed E-state index contributed by atoms with van der Waals surface area (Å²) in [5.74, 6) is -0.703.